The molecule has 0 atom stereocenters. The summed E-state index contributed by atoms with van der Waals surface area (Å²) in [5.41, 5.74) is 0.914. The molecule has 1 N–H and O–H groups in total. The van der Waals surface area contributed by atoms with Crippen LogP contribution in [0.3, 0.4) is 0 Å². The second-order valence-corrected chi connectivity index (χ2v) is 7.81. The Morgan fingerprint density at radius 2 is 1.59 bits per heavy atom. The summed E-state index contributed by atoms with van der Waals surface area (Å²) in [6, 6.07) is 5.46. The third-order valence-corrected chi connectivity index (χ3v) is 5.45. The van der Waals surface area contributed by atoms with Crippen LogP contribution in [0, 0.1) is 13.8 Å². The maximum Gasteiger partial charge on any atom is 0.331 e. The minimum Gasteiger partial charge on any atom is -0.417 e. The second kappa shape index (κ2) is 7.35. The number of benzene rings is 1. The molecule has 1 saturated heterocycles. The highest BCUT2D eigenvalue weighted by Crippen LogP contribution is 2.12. The molecule has 3 amide bonds. The fourth-order valence-corrected chi connectivity index (χ4v) is 3.56. The molecule has 1 fully saturated rings. The predicted octanol–water partition coefficient (Wildman–Crippen LogP) is 0.543. The van der Waals surface area contributed by atoms with Gasteiger partial charge in [-0.2, -0.15) is 0 Å². The standard InChI is InChI=1S/C16H19N5O5S/c1-11-3-5-13(6-4-11)27(24,25)19-16(23)21-9-7-20(8-10-21)15(22)14-18-17-12(2)26-14/h3-6H,7-10H2,1-2H3,(H,19,23). The zero-order chi connectivity index (χ0) is 19.6. The monoisotopic (exact) mass is 393 g/mol. The van der Waals surface area contributed by atoms with Gasteiger partial charge in [-0.05, 0) is 19.1 Å². The van der Waals surface area contributed by atoms with Crippen molar-refractivity contribution < 1.29 is 22.4 Å². The Labute approximate surface area is 156 Å². The molecule has 3 rings (SSSR count). The Balaban J connectivity index is 1.58. The van der Waals surface area contributed by atoms with Crippen molar-refractivity contribution in [2.45, 2.75) is 18.7 Å². The zero-order valence-corrected chi connectivity index (χ0v) is 15.7. The van der Waals surface area contributed by atoms with Gasteiger partial charge in [0, 0.05) is 33.1 Å². The van der Waals surface area contributed by atoms with E-state index in [9.17, 15) is 18.0 Å². The SMILES string of the molecule is Cc1ccc(S(=O)(=O)NC(=O)N2CCN(C(=O)c3nnc(C)o3)CC2)cc1. The molecule has 2 aromatic rings. The summed E-state index contributed by atoms with van der Waals surface area (Å²) >= 11 is 0. The molecule has 11 heteroatoms. The first kappa shape index (κ1) is 18.8. The van der Waals surface area contributed by atoms with Gasteiger partial charge in [0.25, 0.3) is 10.0 Å². The summed E-state index contributed by atoms with van der Waals surface area (Å²) in [7, 11) is -3.95. The van der Waals surface area contributed by atoms with Gasteiger partial charge in [-0.1, -0.05) is 17.7 Å². The minimum absolute atomic E-state index is 0.0158. The summed E-state index contributed by atoms with van der Waals surface area (Å²) in [6.45, 7) is 4.27. The van der Waals surface area contributed by atoms with Gasteiger partial charge < -0.3 is 14.2 Å². The van der Waals surface area contributed by atoms with E-state index in [4.69, 9.17) is 4.42 Å². The van der Waals surface area contributed by atoms with E-state index >= 15 is 0 Å². The van der Waals surface area contributed by atoms with Crippen molar-refractivity contribution in [3.05, 3.63) is 41.6 Å². The first-order valence-electron chi connectivity index (χ1n) is 8.24. The van der Waals surface area contributed by atoms with E-state index in [-0.39, 0.29) is 42.9 Å². The predicted molar refractivity (Wildman–Crippen MR) is 93.4 cm³/mol. The van der Waals surface area contributed by atoms with Crippen LogP contribution < -0.4 is 4.72 Å². The van der Waals surface area contributed by atoms with Crippen LogP contribution in [0.15, 0.2) is 33.6 Å². The number of urea groups is 1. The van der Waals surface area contributed by atoms with Gasteiger partial charge in [-0.3, -0.25) is 4.79 Å². The molecule has 2 heterocycles. The number of carbonyl (C=O) groups is 2. The summed E-state index contributed by atoms with van der Waals surface area (Å²) in [5.74, 6) is -0.229. The smallest absolute Gasteiger partial charge is 0.331 e. The number of rotatable bonds is 3. The van der Waals surface area contributed by atoms with Gasteiger partial charge in [0.15, 0.2) is 0 Å². The van der Waals surface area contributed by atoms with E-state index in [0.29, 0.717) is 0 Å². The molecule has 0 unspecified atom stereocenters. The number of sulfonamides is 1. The lowest BCUT2D eigenvalue weighted by atomic mass is 10.2. The fraction of sp³-hybridized carbons (Fsp3) is 0.375. The molecule has 1 aromatic carbocycles. The lowest BCUT2D eigenvalue weighted by Crippen LogP contribution is -2.54. The zero-order valence-electron chi connectivity index (χ0n) is 14.9. The molecule has 144 valence electrons. The lowest BCUT2D eigenvalue weighted by molar-refractivity contribution is 0.0627. The molecule has 0 radical (unpaired) electrons. The van der Waals surface area contributed by atoms with Crippen molar-refractivity contribution in [3.8, 4) is 0 Å². The largest absolute Gasteiger partial charge is 0.417 e. The van der Waals surface area contributed by atoms with Crippen LogP contribution in [-0.2, 0) is 10.0 Å². The number of aryl methyl sites for hydroxylation is 2. The number of hydrogen-bond donors (Lipinski definition) is 1. The first-order chi connectivity index (χ1) is 12.8. The molecule has 0 aliphatic carbocycles. The number of hydrogen-bond acceptors (Lipinski definition) is 7. The van der Waals surface area contributed by atoms with Crippen LogP contribution in [-0.4, -0.2) is 66.5 Å². The Morgan fingerprint density at radius 3 is 2.15 bits per heavy atom. The maximum atomic E-state index is 12.3. The van der Waals surface area contributed by atoms with Crippen molar-refractivity contribution in [1.82, 2.24) is 24.7 Å². The summed E-state index contributed by atoms with van der Waals surface area (Å²) in [4.78, 5) is 27.4. The van der Waals surface area contributed by atoms with E-state index < -0.39 is 22.0 Å². The van der Waals surface area contributed by atoms with E-state index in [2.05, 4.69) is 14.9 Å². The van der Waals surface area contributed by atoms with Crippen molar-refractivity contribution in [1.29, 1.82) is 0 Å². The minimum atomic E-state index is -3.95. The van der Waals surface area contributed by atoms with Crippen molar-refractivity contribution in [2.75, 3.05) is 26.2 Å². The van der Waals surface area contributed by atoms with Crippen molar-refractivity contribution >= 4 is 22.0 Å². The van der Waals surface area contributed by atoms with Crippen LogP contribution in [0.4, 0.5) is 4.79 Å². The van der Waals surface area contributed by atoms with Gasteiger partial charge >= 0.3 is 17.8 Å². The molecule has 0 spiro atoms. The van der Waals surface area contributed by atoms with E-state index in [0.717, 1.165) is 5.56 Å². The quantitative estimate of drug-likeness (QED) is 0.807. The van der Waals surface area contributed by atoms with Gasteiger partial charge in [0.2, 0.25) is 5.89 Å². The van der Waals surface area contributed by atoms with E-state index in [1.165, 1.54) is 21.9 Å². The average molecular weight is 393 g/mol. The number of carbonyl (C=O) groups excluding carboxylic acids is 2. The number of nitrogens with zero attached hydrogens (tertiary/aromatic N) is 4. The van der Waals surface area contributed by atoms with Crippen LogP contribution in [0.1, 0.15) is 22.1 Å². The van der Waals surface area contributed by atoms with E-state index in [1.807, 2.05) is 6.92 Å². The van der Waals surface area contributed by atoms with Crippen LogP contribution in [0.5, 0.6) is 0 Å². The van der Waals surface area contributed by atoms with Crippen molar-refractivity contribution in [3.63, 3.8) is 0 Å². The Hall–Kier alpha value is -2.95. The molecule has 1 aromatic heterocycles. The fourth-order valence-electron chi connectivity index (χ4n) is 2.59. The number of aromatic nitrogens is 2. The lowest BCUT2D eigenvalue weighted by Gasteiger charge is -2.33. The molecular weight excluding hydrogens is 374 g/mol. The summed E-state index contributed by atoms with van der Waals surface area (Å²) < 4.78 is 31.8. The van der Waals surface area contributed by atoms with Gasteiger partial charge in [-0.25, -0.2) is 17.9 Å². The van der Waals surface area contributed by atoms with Crippen LogP contribution in [0.2, 0.25) is 0 Å². The summed E-state index contributed by atoms with van der Waals surface area (Å²) in [5, 5.41) is 7.30. The first-order valence-corrected chi connectivity index (χ1v) is 9.72. The Bertz CT molecular complexity index is 946. The summed E-state index contributed by atoms with van der Waals surface area (Å²) in [6.07, 6.45) is 0. The number of amides is 3. The highest BCUT2D eigenvalue weighted by atomic mass is 32.2. The average Bonchev–Trinajstić information content (AvgIpc) is 3.07. The molecular formula is C16H19N5O5S. The molecule has 0 bridgehead atoms. The maximum absolute atomic E-state index is 12.3. The highest BCUT2D eigenvalue weighted by Gasteiger charge is 2.29. The van der Waals surface area contributed by atoms with Gasteiger partial charge in [-0.15, -0.1) is 10.2 Å². The normalized spacial score (nSPS) is 14.9. The topological polar surface area (TPSA) is 126 Å². The second-order valence-electron chi connectivity index (χ2n) is 6.13. The molecule has 1 aliphatic rings. The molecule has 10 nitrogen and oxygen atoms in total. The van der Waals surface area contributed by atoms with Crippen molar-refractivity contribution in [2.24, 2.45) is 0 Å². The number of nitrogens with one attached hydrogen (secondary N) is 1. The van der Waals surface area contributed by atoms with Gasteiger partial charge in [0.05, 0.1) is 4.90 Å². The molecule has 0 saturated carbocycles. The van der Waals surface area contributed by atoms with Crippen LogP contribution in [0.25, 0.3) is 0 Å². The Morgan fingerprint density at radius 1 is 1.00 bits per heavy atom. The van der Waals surface area contributed by atoms with E-state index in [1.54, 1.807) is 19.1 Å². The molecule has 27 heavy (non-hydrogen) atoms. The highest BCUT2D eigenvalue weighted by molar-refractivity contribution is 7.90. The number of piperazine rings is 1. The van der Waals surface area contributed by atoms with Crippen LogP contribution >= 0.6 is 0 Å². The third-order valence-electron chi connectivity index (χ3n) is 4.12. The third kappa shape index (κ3) is 4.25. The Kier molecular flexibility index (Phi) is 5.13. The van der Waals surface area contributed by atoms with Gasteiger partial charge in [0.1, 0.15) is 0 Å². The molecule has 1 aliphatic heterocycles.